The number of aromatic amines is 1. The number of aryl methyl sites for hydroxylation is 1. The maximum absolute atomic E-state index is 9.11. The van der Waals surface area contributed by atoms with E-state index in [4.69, 9.17) is 5.11 Å². The molecule has 1 heterocycles. The first-order valence-electron chi connectivity index (χ1n) is 9.55. The van der Waals surface area contributed by atoms with Crippen LogP contribution in [0.5, 0.6) is 5.75 Å². The normalized spacial score (nSPS) is 11.8. The van der Waals surface area contributed by atoms with Gasteiger partial charge in [0.05, 0.1) is 6.33 Å². The van der Waals surface area contributed by atoms with Crippen LogP contribution in [0.2, 0.25) is 0 Å². The van der Waals surface area contributed by atoms with Crippen LogP contribution in [-0.2, 0) is 12.8 Å². The summed E-state index contributed by atoms with van der Waals surface area (Å²) in [7, 11) is 0. The largest absolute Gasteiger partial charge is 0.508 e. The SMILES string of the molecule is CC(C)(C)CCCc1ccc(O)cc1.CC(C)(C)NCCc1cnc[nH]1. The number of nitrogens with one attached hydrogen (secondary N) is 2. The number of phenols is 1. The first kappa shape index (κ1) is 22.2. The van der Waals surface area contributed by atoms with Gasteiger partial charge in [0.25, 0.3) is 0 Å². The molecule has 0 saturated carbocycles. The summed E-state index contributed by atoms with van der Waals surface area (Å²) in [5.41, 5.74) is 3.13. The van der Waals surface area contributed by atoms with Crippen molar-refractivity contribution < 1.29 is 5.11 Å². The Hall–Kier alpha value is -1.81. The standard InChI is InChI=1S/C13H20O.C9H17N3/c1-13(2,3)10-4-5-11-6-8-12(14)9-7-11;1-9(2,3)12-5-4-8-6-10-7-11-8/h6-9,14H,4-5,10H2,1-3H3;6-7,12H,4-5H2,1-3H3,(H,10,11). The van der Waals surface area contributed by atoms with E-state index in [1.165, 1.54) is 24.1 Å². The van der Waals surface area contributed by atoms with E-state index in [0.29, 0.717) is 11.2 Å². The van der Waals surface area contributed by atoms with Crippen molar-refractivity contribution in [2.24, 2.45) is 5.41 Å². The molecule has 3 N–H and O–H groups in total. The highest BCUT2D eigenvalue weighted by atomic mass is 16.3. The number of aromatic hydroxyl groups is 1. The monoisotopic (exact) mass is 359 g/mol. The Bertz CT molecular complexity index is 590. The Labute approximate surface area is 159 Å². The minimum atomic E-state index is 0.208. The smallest absolute Gasteiger partial charge is 0.115 e. The summed E-state index contributed by atoms with van der Waals surface area (Å²) in [6, 6.07) is 7.51. The Balaban J connectivity index is 0.000000263. The van der Waals surface area contributed by atoms with Crippen molar-refractivity contribution in [2.75, 3.05) is 6.54 Å². The van der Waals surface area contributed by atoms with E-state index in [-0.39, 0.29) is 5.54 Å². The molecular formula is C22H37N3O. The van der Waals surface area contributed by atoms with Crippen LogP contribution >= 0.6 is 0 Å². The molecule has 0 fully saturated rings. The second-order valence-electron chi connectivity index (χ2n) is 9.08. The number of nitrogens with zero attached hydrogens (tertiary/aromatic N) is 1. The number of H-pyrrole nitrogens is 1. The Morgan fingerprint density at radius 3 is 2.15 bits per heavy atom. The van der Waals surface area contributed by atoms with E-state index in [1.54, 1.807) is 18.5 Å². The average Bonchev–Trinajstić information content (AvgIpc) is 3.01. The second kappa shape index (κ2) is 10.4. The lowest BCUT2D eigenvalue weighted by Crippen LogP contribution is -2.37. The van der Waals surface area contributed by atoms with Crippen LogP contribution in [0.3, 0.4) is 0 Å². The molecule has 0 unspecified atom stereocenters. The van der Waals surface area contributed by atoms with Gasteiger partial charge in [-0.3, -0.25) is 0 Å². The molecule has 4 nitrogen and oxygen atoms in total. The molecular weight excluding hydrogens is 322 g/mol. The number of hydrogen-bond acceptors (Lipinski definition) is 3. The maximum atomic E-state index is 9.11. The molecule has 0 bridgehead atoms. The van der Waals surface area contributed by atoms with E-state index in [9.17, 15) is 0 Å². The highest BCUT2D eigenvalue weighted by Gasteiger charge is 2.09. The number of aromatic nitrogens is 2. The van der Waals surface area contributed by atoms with Crippen LogP contribution < -0.4 is 5.32 Å². The number of imidazole rings is 1. The number of phenolic OH excluding ortho intramolecular Hbond substituents is 1. The number of rotatable bonds is 6. The summed E-state index contributed by atoms with van der Waals surface area (Å²) in [6.07, 6.45) is 8.16. The fourth-order valence-electron chi connectivity index (χ4n) is 2.48. The molecule has 4 heteroatoms. The Morgan fingerprint density at radius 1 is 1.00 bits per heavy atom. The molecule has 0 saturated heterocycles. The molecule has 1 aromatic carbocycles. The van der Waals surface area contributed by atoms with E-state index >= 15 is 0 Å². The van der Waals surface area contributed by atoms with Crippen LogP contribution in [0.15, 0.2) is 36.8 Å². The van der Waals surface area contributed by atoms with Gasteiger partial charge in [0, 0.05) is 30.4 Å². The summed E-state index contributed by atoms with van der Waals surface area (Å²) < 4.78 is 0. The van der Waals surface area contributed by atoms with Gasteiger partial charge >= 0.3 is 0 Å². The van der Waals surface area contributed by atoms with Crippen molar-refractivity contribution in [3.05, 3.63) is 48.0 Å². The second-order valence-corrected chi connectivity index (χ2v) is 9.08. The zero-order valence-electron chi connectivity index (χ0n) is 17.4. The van der Waals surface area contributed by atoms with Gasteiger partial charge in [-0.25, -0.2) is 4.98 Å². The van der Waals surface area contributed by atoms with Gasteiger partial charge < -0.3 is 15.4 Å². The Morgan fingerprint density at radius 2 is 1.65 bits per heavy atom. The molecule has 146 valence electrons. The number of hydrogen-bond donors (Lipinski definition) is 3. The summed E-state index contributed by atoms with van der Waals surface area (Å²) in [6.45, 7) is 14.3. The predicted molar refractivity (Wildman–Crippen MR) is 111 cm³/mol. The van der Waals surface area contributed by atoms with Crippen LogP contribution in [0, 0.1) is 5.41 Å². The minimum Gasteiger partial charge on any atom is -0.508 e. The van der Waals surface area contributed by atoms with Crippen molar-refractivity contribution in [3.63, 3.8) is 0 Å². The third-order valence-electron chi connectivity index (χ3n) is 3.93. The summed E-state index contributed by atoms with van der Waals surface area (Å²) >= 11 is 0. The first-order chi connectivity index (χ1) is 12.1. The van der Waals surface area contributed by atoms with Gasteiger partial charge in [0.2, 0.25) is 0 Å². The maximum Gasteiger partial charge on any atom is 0.115 e. The summed E-state index contributed by atoms with van der Waals surface area (Å²) in [4.78, 5) is 7.03. The van der Waals surface area contributed by atoms with Crippen LogP contribution in [0.4, 0.5) is 0 Å². The molecule has 0 atom stereocenters. The number of benzene rings is 1. The van der Waals surface area contributed by atoms with Crippen molar-refractivity contribution in [2.45, 2.75) is 72.8 Å². The van der Waals surface area contributed by atoms with E-state index in [0.717, 1.165) is 19.4 Å². The predicted octanol–water partition coefficient (Wildman–Crippen LogP) is 5.10. The fourth-order valence-corrected chi connectivity index (χ4v) is 2.48. The molecule has 2 rings (SSSR count). The van der Waals surface area contributed by atoms with Crippen molar-refractivity contribution >= 4 is 0 Å². The molecule has 1 aromatic heterocycles. The quantitative estimate of drug-likeness (QED) is 0.672. The van der Waals surface area contributed by atoms with Crippen molar-refractivity contribution in [1.29, 1.82) is 0 Å². The Kier molecular flexibility index (Phi) is 8.86. The third-order valence-corrected chi connectivity index (χ3v) is 3.93. The molecule has 0 aliphatic heterocycles. The fraction of sp³-hybridized carbons (Fsp3) is 0.591. The zero-order valence-corrected chi connectivity index (χ0v) is 17.4. The lowest BCUT2D eigenvalue weighted by molar-refractivity contribution is 0.365. The molecule has 0 spiro atoms. The van der Waals surface area contributed by atoms with E-state index in [1.807, 2.05) is 18.3 Å². The van der Waals surface area contributed by atoms with Gasteiger partial charge in [-0.1, -0.05) is 32.9 Å². The molecule has 0 aliphatic rings. The van der Waals surface area contributed by atoms with Crippen LogP contribution in [-0.4, -0.2) is 27.2 Å². The zero-order chi connectivity index (χ0) is 19.6. The average molecular weight is 360 g/mol. The first-order valence-corrected chi connectivity index (χ1v) is 9.55. The van der Waals surface area contributed by atoms with Crippen LogP contribution in [0.1, 0.15) is 65.6 Å². The molecule has 0 amide bonds. The van der Waals surface area contributed by atoms with E-state index < -0.39 is 0 Å². The minimum absolute atomic E-state index is 0.208. The van der Waals surface area contributed by atoms with Gasteiger partial charge in [0.15, 0.2) is 0 Å². The van der Waals surface area contributed by atoms with E-state index in [2.05, 4.69) is 56.8 Å². The highest BCUT2D eigenvalue weighted by Crippen LogP contribution is 2.22. The lowest BCUT2D eigenvalue weighted by atomic mass is 9.89. The summed E-state index contributed by atoms with van der Waals surface area (Å²) in [5.74, 6) is 0.351. The van der Waals surface area contributed by atoms with Gasteiger partial charge in [-0.2, -0.15) is 0 Å². The van der Waals surface area contributed by atoms with Crippen LogP contribution in [0.25, 0.3) is 0 Å². The molecule has 0 radical (unpaired) electrons. The third kappa shape index (κ3) is 11.7. The molecule has 0 aliphatic carbocycles. The van der Waals surface area contributed by atoms with Gasteiger partial charge in [-0.05, 0) is 63.1 Å². The van der Waals surface area contributed by atoms with Crippen molar-refractivity contribution in [1.82, 2.24) is 15.3 Å². The molecule has 2 aromatic rings. The molecule has 26 heavy (non-hydrogen) atoms. The summed E-state index contributed by atoms with van der Waals surface area (Å²) in [5, 5.41) is 12.5. The van der Waals surface area contributed by atoms with Gasteiger partial charge in [-0.15, -0.1) is 0 Å². The topological polar surface area (TPSA) is 60.9 Å². The van der Waals surface area contributed by atoms with Crippen molar-refractivity contribution in [3.8, 4) is 5.75 Å². The van der Waals surface area contributed by atoms with Gasteiger partial charge in [0.1, 0.15) is 5.75 Å². The highest BCUT2D eigenvalue weighted by molar-refractivity contribution is 5.25. The lowest BCUT2D eigenvalue weighted by Gasteiger charge is -2.19.